The fourth-order valence-electron chi connectivity index (χ4n) is 1.71. The van der Waals surface area contributed by atoms with Crippen LogP contribution in [0, 0.1) is 12.8 Å². The highest BCUT2D eigenvalue weighted by Gasteiger charge is 2.33. The smallest absolute Gasteiger partial charge is 0.233 e. The second-order valence-corrected chi connectivity index (χ2v) is 4.68. The summed E-state index contributed by atoms with van der Waals surface area (Å²) in [6, 6.07) is 0.0982. The Kier molecular flexibility index (Phi) is 3.52. The van der Waals surface area contributed by atoms with Crippen molar-refractivity contribution in [3.63, 3.8) is 0 Å². The van der Waals surface area contributed by atoms with Gasteiger partial charge in [-0.1, -0.05) is 0 Å². The maximum absolute atomic E-state index is 11.9. The van der Waals surface area contributed by atoms with Crippen LogP contribution in [0.1, 0.15) is 5.69 Å². The number of anilines is 1. The molecule has 2 N–H and O–H groups in total. The van der Waals surface area contributed by atoms with Crippen molar-refractivity contribution in [3.05, 3.63) is 11.1 Å². The number of hydrogen-bond donors (Lipinski definition) is 2. The first-order chi connectivity index (χ1) is 7.70. The molecule has 0 aliphatic carbocycles. The van der Waals surface area contributed by atoms with Crippen molar-refractivity contribution >= 4 is 22.4 Å². The minimum absolute atomic E-state index is 0.0220. The van der Waals surface area contributed by atoms with Gasteiger partial charge in [-0.25, -0.2) is 4.98 Å². The molecule has 0 bridgehead atoms. The van der Waals surface area contributed by atoms with Crippen molar-refractivity contribution in [1.29, 1.82) is 0 Å². The Morgan fingerprint density at radius 3 is 3.06 bits per heavy atom. The lowest BCUT2D eigenvalue weighted by molar-refractivity contribution is -0.120. The van der Waals surface area contributed by atoms with Gasteiger partial charge in [-0.05, 0) is 14.0 Å². The molecule has 1 aliphatic rings. The van der Waals surface area contributed by atoms with Crippen LogP contribution in [-0.2, 0) is 9.53 Å². The van der Waals surface area contributed by atoms with Gasteiger partial charge in [0.1, 0.15) is 0 Å². The highest BCUT2D eigenvalue weighted by atomic mass is 32.1. The van der Waals surface area contributed by atoms with Crippen LogP contribution >= 0.6 is 11.3 Å². The minimum atomic E-state index is -0.130. The molecule has 0 radical (unpaired) electrons. The predicted molar refractivity (Wildman–Crippen MR) is 62.6 cm³/mol. The van der Waals surface area contributed by atoms with E-state index in [0.717, 1.165) is 5.69 Å². The van der Waals surface area contributed by atoms with Gasteiger partial charge in [0.15, 0.2) is 5.13 Å². The Hall–Kier alpha value is -0.980. The first-order valence-corrected chi connectivity index (χ1v) is 6.06. The van der Waals surface area contributed by atoms with Gasteiger partial charge in [0.2, 0.25) is 5.91 Å². The Morgan fingerprint density at radius 1 is 1.62 bits per heavy atom. The van der Waals surface area contributed by atoms with E-state index < -0.39 is 0 Å². The van der Waals surface area contributed by atoms with E-state index in [0.29, 0.717) is 18.3 Å². The third-order valence-corrected chi connectivity index (χ3v) is 3.51. The van der Waals surface area contributed by atoms with Crippen LogP contribution in [0.2, 0.25) is 0 Å². The summed E-state index contributed by atoms with van der Waals surface area (Å²) in [6.45, 7) is 2.97. The fourth-order valence-corrected chi connectivity index (χ4v) is 2.40. The lowest BCUT2D eigenvalue weighted by atomic mass is 10.0. The standard InChI is InChI=1S/C10H15N3O2S/c1-6-5-16-10(12-6)13-9(14)7-3-15-4-8(7)11-2/h5,7-8,11H,3-4H2,1-2H3,(H,12,13,14). The van der Waals surface area contributed by atoms with Gasteiger partial charge >= 0.3 is 0 Å². The zero-order valence-electron chi connectivity index (χ0n) is 9.32. The molecule has 1 aliphatic heterocycles. The van der Waals surface area contributed by atoms with E-state index in [2.05, 4.69) is 15.6 Å². The average Bonchev–Trinajstić information content (AvgIpc) is 2.86. The molecule has 1 amide bonds. The SMILES string of the molecule is CNC1COCC1C(=O)Nc1nc(C)cs1. The number of hydrogen-bond acceptors (Lipinski definition) is 5. The molecule has 1 aromatic heterocycles. The Morgan fingerprint density at radius 2 is 2.44 bits per heavy atom. The normalized spacial score (nSPS) is 24.6. The summed E-state index contributed by atoms with van der Waals surface area (Å²) in [6.07, 6.45) is 0. The summed E-state index contributed by atoms with van der Waals surface area (Å²) < 4.78 is 5.28. The fraction of sp³-hybridized carbons (Fsp3) is 0.600. The van der Waals surface area contributed by atoms with Crippen LogP contribution in [0.15, 0.2) is 5.38 Å². The highest BCUT2D eigenvalue weighted by Crippen LogP contribution is 2.19. The monoisotopic (exact) mass is 241 g/mol. The Labute approximate surface area is 98.2 Å². The second-order valence-electron chi connectivity index (χ2n) is 3.82. The van der Waals surface area contributed by atoms with Gasteiger partial charge in [-0.3, -0.25) is 4.79 Å². The number of amides is 1. The van der Waals surface area contributed by atoms with E-state index in [1.165, 1.54) is 11.3 Å². The van der Waals surface area contributed by atoms with Gasteiger partial charge in [0.05, 0.1) is 24.8 Å². The number of thiazole rings is 1. The second kappa shape index (κ2) is 4.90. The first-order valence-electron chi connectivity index (χ1n) is 5.18. The molecular weight excluding hydrogens is 226 g/mol. The van der Waals surface area contributed by atoms with Crippen LogP contribution in [0.3, 0.4) is 0 Å². The molecule has 2 unspecified atom stereocenters. The van der Waals surface area contributed by atoms with Crippen LogP contribution in [0.25, 0.3) is 0 Å². The molecule has 6 heteroatoms. The van der Waals surface area contributed by atoms with E-state index in [1.807, 2.05) is 19.4 Å². The summed E-state index contributed by atoms with van der Waals surface area (Å²) in [5.41, 5.74) is 0.924. The molecule has 2 rings (SSSR count). The summed E-state index contributed by atoms with van der Waals surface area (Å²) in [4.78, 5) is 16.1. The van der Waals surface area contributed by atoms with Crippen LogP contribution < -0.4 is 10.6 Å². The zero-order chi connectivity index (χ0) is 11.5. The minimum Gasteiger partial charge on any atom is -0.379 e. The Bertz CT molecular complexity index is 380. The van der Waals surface area contributed by atoms with Gasteiger partial charge < -0.3 is 15.4 Å². The summed E-state index contributed by atoms with van der Waals surface area (Å²) in [7, 11) is 1.84. The summed E-state index contributed by atoms with van der Waals surface area (Å²) >= 11 is 1.44. The molecule has 0 aromatic carbocycles. The molecule has 1 fully saturated rings. The first kappa shape index (κ1) is 11.5. The number of nitrogens with zero attached hydrogens (tertiary/aromatic N) is 1. The number of ether oxygens (including phenoxy) is 1. The van der Waals surface area contributed by atoms with Gasteiger partial charge in [-0.2, -0.15) is 0 Å². The molecule has 0 saturated carbocycles. The van der Waals surface area contributed by atoms with Crippen molar-refractivity contribution in [1.82, 2.24) is 10.3 Å². The van der Waals surface area contributed by atoms with Crippen molar-refractivity contribution in [2.45, 2.75) is 13.0 Å². The third-order valence-electron chi connectivity index (χ3n) is 2.64. The number of rotatable bonds is 3. The average molecular weight is 241 g/mol. The summed E-state index contributed by atoms with van der Waals surface area (Å²) in [5, 5.41) is 8.47. The molecule has 1 aromatic rings. The van der Waals surface area contributed by atoms with E-state index in [4.69, 9.17) is 4.74 Å². The molecule has 1 saturated heterocycles. The van der Waals surface area contributed by atoms with E-state index in [9.17, 15) is 4.79 Å². The van der Waals surface area contributed by atoms with E-state index in [1.54, 1.807) is 0 Å². The van der Waals surface area contributed by atoms with E-state index >= 15 is 0 Å². The van der Waals surface area contributed by atoms with Gasteiger partial charge in [0, 0.05) is 11.4 Å². The predicted octanol–water partition coefficient (Wildman–Crippen LogP) is 0.624. The largest absolute Gasteiger partial charge is 0.379 e. The van der Waals surface area contributed by atoms with Gasteiger partial charge in [0.25, 0.3) is 0 Å². The number of carbonyl (C=O) groups excluding carboxylic acids is 1. The lowest BCUT2D eigenvalue weighted by Gasteiger charge is -2.15. The molecule has 2 atom stereocenters. The number of aryl methyl sites for hydroxylation is 1. The zero-order valence-corrected chi connectivity index (χ0v) is 10.1. The van der Waals surface area contributed by atoms with Crippen molar-refractivity contribution < 1.29 is 9.53 Å². The van der Waals surface area contributed by atoms with Crippen molar-refractivity contribution in [2.75, 3.05) is 25.6 Å². The highest BCUT2D eigenvalue weighted by molar-refractivity contribution is 7.13. The third kappa shape index (κ3) is 2.40. The molecule has 88 valence electrons. The Balaban J connectivity index is 1.97. The molecule has 5 nitrogen and oxygen atoms in total. The lowest BCUT2D eigenvalue weighted by Crippen LogP contribution is -2.39. The van der Waals surface area contributed by atoms with Gasteiger partial charge in [-0.15, -0.1) is 11.3 Å². The molecule has 16 heavy (non-hydrogen) atoms. The van der Waals surface area contributed by atoms with E-state index in [-0.39, 0.29) is 17.9 Å². The number of nitrogens with one attached hydrogen (secondary N) is 2. The topological polar surface area (TPSA) is 63.2 Å². The number of likely N-dealkylation sites (N-methyl/N-ethyl adjacent to an activating group) is 1. The molecular formula is C10H15N3O2S. The molecule has 2 heterocycles. The summed E-state index contributed by atoms with van der Waals surface area (Å²) in [5.74, 6) is -0.152. The van der Waals surface area contributed by atoms with Crippen LogP contribution in [0.4, 0.5) is 5.13 Å². The van der Waals surface area contributed by atoms with Crippen LogP contribution in [-0.4, -0.2) is 37.2 Å². The van der Waals surface area contributed by atoms with Crippen molar-refractivity contribution in [2.24, 2.45) is 5.92 Å². The maximum atomic E-state index is 11.9. The quantitative estimate of drug-likeness (QED) is 0.814. The maximum Gasteiger partial charge on any atom is 0.233 e. The van der Waals surface area contributed by atoms with Crippen molar-refractivity contribution in [3.8, 4) is 0 Å². The van der Waals surface area contributed by atoms with Crippen LogP contribution in [0.5, 0.6) is 0 Å². The number of aromatic nitrogens is 1. The number of carbonyl (C=O) groups is 1. The molecule has 0 spiro atoms.